The number of Topliss-reactive ketones (excluding diaryl/α,β-unsaturated/α-hetero) is 1. The molecule has 20 nitrogen and oxygen atoms in total. The molecule has 8 amide bonds. The molecule has 5 atom stereocenters. The van der Waals surface area contributed by atoms with Crippen LogP contribution in [0.15, 0.2) is 231 Å². The molecule has 0 bridgehead atoms. The van der Waals surface area contributed by atoms with E-state index in [0.717, 1.165) is 38.9 Å². The number of carbonyl (C=O) groups is 9. The molecule has 8 aromatic rings. The lowest BCUT2D eigenvalue weighted by Gasteiger charge is -2.37. The molecular formula is C84H94N8O12. The number of nitrogens with one attached hydrogen (secondary N) is 8. The van der Waals surface area contributed by atoms with E-state index in [1.165, 1.54) is 13.8 Å². The number of benzene rings is 8. The lowest BCUT2D eigenvalue weighted by atomic mass is 9.77. The quantitative estimate of drug-likeness (QED) is 0.0144. The van der Waals surface area contributed by atoms with Crippen LogP contribution in [0.5, 0.6) is 0 Å². The highest BCUT2D eigenvalue weighted by molar-refractivity contribution is 5.98. The summed E-state index contributed by atoms with van der Waals surface area (Å²) in [6.07, 6.45) is -2.03. The van der Waals surface area contributed by atoms with Crippen LogP contribution < -0.4 is 42.5 Å². The molecule has 0 aromatic heterocycles. The number of hydrogen-bond acceptors (Lipinski definition) is 12. The van der Waals surface area contributed by atoms with Gasteiger partial charge < -0.3 is 56.7 Å². The van der Waals surface area contributed by atoms with Crippen LogP contribution in [0, 0.1) is 0 Å². The fourth-order valence-electron chi connectivity index (χ4n) is 12.9. The van der Waals surface area contributed by atoms with Gasteiger partial charge in [0.1, 0.15) is 47.5 Å². The van der Waals surface area contributed by atoms with Gasteiger partial charge in [-0.15, -0.1) is 0 Å². The molecule has 0 aliphatic heterocycles. The summed E-state index contributed by atoms with van der Waals surface area (Å²) in [7, 11) is 0. The highest BCUT2D eigenvalue weighted by atomic mass is 16.6. The summed E-state index contributed by atoms with van der Waals surface area (Å²) < 4.78 is 17.6. The number of hydrogen-bond donors (Lipinski definition) is 8. The van der Waals surface area contributed by atoms with Gasteiger partial charge in [-0.1, -0.05) is 231 Å². The summed E-state index contributed by atoms with van der Waals surface area (Å²) in [6.45, 7) is 12.8. The minimum absolute atomic E-state index is 0.147. The van der Waals surface area contributed by atoms with Gasteiger partial charge in [0.25, 0.3) is 0 Å². The number of amides is 8. The third kappa shape index (κ3) is 20.3. The normalized spacial score (nSPS) is 13.5. The van der Waals surface area contributed by atoms with Crippen LogP contribution in [0.1, 0.15) is 144 Å². The predicted molar refractivity (Wildman–Crippen MR) is 398 cm³/mol. The van der Waals surface area contributed by atoms with Gasteiger partial charge in [-0.2, -0.15) is 0 Å². The SMILES string of the molecule is CC(=O)[C@H](CCCCNC(=O)OC(C)(C)C)NC(=O)[C@H](C)NC(=O)[C@H](CCC(=O)NC(c1ccccc1)(c1ccccc1)c1ccccc1)NC(=O)[C@H](COC(C)(C)C)NC(=O)C(CC(=O)NC(c1ccccc1)(c1ccccc1)c1ccccc1)NC(=O)OCC1c2ccccc2-c2ccccc21. The van der Waals surface area contributed by atoms with Crippen molar-refractivity contribution < 1.29 is 57.4 Å². The molecule has 8 aromatic carbocycles. The fraction of sp³-hybridized carbons (Fsp3) is 0.321. The van der Waals surface area contributed by atoms with Crippen molar-refractivity contribution in [2.75, 3.05) is 19.8 Å². The van der Waals surface area contributed by atoms with Crippen LogP contribution in [-0.2, 0) is 58.9 Å². The second kappa shape index (κ2) is 35.6. The fourth-order valence-corrected chi connectivity index (χ4v) is 12.9. The maximum atomic E-state index is 15.4. The van der Waals surface area contributed by atoms with E-state index in [9.17, 15) is 24.0 Å². The Labute approximate surface area is 608 Å². The van der Waals surface area contributed by atoms with E-state index in [4.69, 9.17) is 14.2 Å². The van der Waals surface area contributed by atoms with Crippen LogP contribution >= 0.6 is 0 Å². The average Bonchev–Trinajstić information content (AvgIpc) is 1.28. The van der Waals surface area contributed by atoms with Gasteiger partial charge in [-0.3, -0.25) is 33.6 Å². The molecule has 0 spiro atoms. The Morgan fingerprint density at radius 3 is 1.23 bits per heavy atom. The first-order chi connectivity index (χ1) is 49.8. The van der Waals surface area contributed by atoms with E-state index < -0.39 is 120 Å². The van der Waals surface area contributed by atoms with Crippen molar-refractivity contribution >= 4 is 53.4 Å². The predicted octanol–water partition coefficient (Wildman–Crippen LogP) is 11.3. The summed E-state index contributed by atoms with van der Waals surface area (Å²) in [5, 5.41) is 22.9. The molecule has 9 rings (SSSR count). The van der Waals surface area contributed by atoms with Gasteiger partial charge in [0, 0.05) is 18.9 Å². The number of ether oxygens (including phenoxy) is 3. The Kier molecular flexibility index (Phi) is 26.3. The summed E-state index contributed by atoms with van der Waals surface area (Å²) in [6, 6.07) is 64.4. The summed E-state index contributed by atoms with van der Waals surface area (Å²) in [5.41, 5.74) is 3.78. The third-order valence-electron chi connectivity index (χ3n) is 18.0. The van der Waals surface area contributed by atoms with Crippen molar-refractivity contribution in [1.29, 1.82) is 0 Å². The highest BCUT2D eigenvalue weighted by Gasteiger charge is 2.42. The topological polar surface area (TPSA) is 278 Å². The van der Waals surface area contributed by atoms with Crippen molar-refractivity contribution in [3.8, 4) is 11.1 Å². The van der Waals surface area contributed by atoms with E-state index in [2.05, 4.69) is 42.5 Å². The van der Waals surface area contributed by atoms with Crippen LogP contribution in [0.25, 0.3) is 11.1 Å². The number of rotatable bonds is 32. The zero-order valence-electron chi connectivity index (χ0n) is 60.2. The van der Waals surface area contributed by atoms with Crippen molar-refractivity contribution in [3.05, 3.63) is 275 Å². The molecule has 0 radical (unpaired) electrons. The zero-order valence-corrected chi connectivity index (χ0v) is 60.2. The van der Waals surface area contributed by atoms with Gasteiger partial charge in [0.15, 0.2) is 5.78 Å². The van der Waals surface area contributed by atoms with Gasteiger partial charge in [0.2, 0.25) is 35.4 Å². The molecule has 8 N–H and O–H groups in total. The van der Waals surface area contributed by atoms with E-state index in [1.54, 1.807) is 41.5 Å². The molecule has 1 unspecified atom stereocenters. The Morgan fingerprint density at radius 1 is 0.404 bits per heavy atom. The molecule has 542 valence electrons. The molecule has 1 aliphatic rings. The lowest BCUT2D eigenvalue weighted by molar-refractivity contribution is -0.137. The number of carbonyl (C=O) groups excluding carboxylic acids is 9. The Hall–Kier alpha value is -11.3. The number of ketones is 1. The van der Waals surface area contributed by atoms with Gasteiger partial charge in [0.05, 0.1) is 24.7 Å². The van der Waals surface area contributed by atoms with Crippen molar-refractivity contribution in [2.45, 2.75) is 152 Å². The smallest absolute Gasteiger partial charge is 0.407 e. The molecule has 0 heterocycles. The largest absolute Gasteiger partial charge is 0.449 e. The van der Waals surface area contributed by atoms with Crippen molar-refractivity contribution in [3.63, 3.8) is 0 Å². The molecule has 0 saturated carbocycles. The third-order valence-corrected chi connectivity index (χ3v) is 18.0. The highest BCUT2D eigenvalue weighted by Crippen LogP contribution is 2.45. The second-order valence-electron chi connectivity index (χ2n) is 27.9. The summed E-state index contributed by atoms with van der Waals surface area (Å²) >= 11 is 0. The molecule has 0 saturated heterocycles. The molecule has 0 fully saturated rings. The standard InChI is InChI=1S/C84H94N8O12/c1-56(75(96)87-69(57(2)93)49-31-32-52-85-79(100)104-82(6,7)8)86-76(97)70(50-51-73(94)91-83(58-33-15-9-16-34-58,59-35-17-10-18-36-59)60-37-19-11-20-38-60)88-78(99)72(55-103-81(3,4)5)89-77(98)71(90-80(101)102-54-68-66-47-29-27-45-64(66)65-46-28-30-48-67(65)68)53-74(95)92-84(61-39-21-12-22-40-61,62-41-23-13-24-42-62)63-43-25-14-26-44-63/h9-30,33-48,56,68-72H,31-32,49-55H2,1-8H3,(H,85,100)(H,86,97)(H,87,96)(H,88,99)(H,89,98)(H,90,101)(H,91,94)(H,92,95)/t56-,69-,70-,71?,72-/m0/s1. The maximum Gasteiger partial charge on any atom is 0.407 e. The van der Waals surface area contributed by atoms with Gasteiger partial charge in [-0.05, 0) is 137 Å². The number of alkyl carbamates (subject to hydrolysis) is 2. The van der Waals surface area contributed by atoms with Crippen molar-refractivity contribution in [2.24, 2.45) is 0 Å². The molecule has 104 heavy (non-hydrogen) atoms. The first-order valence-electron chi connectivity index (χ1n) is 35.2. The van der Waals surface area contributed by atoms with Crippen LogP contribution in [-0.4, -0.2) is 115 Å². The lowest BCUT2D eigenvalue weighted by Crippen LogP contribution is -2.60. The van der Waals surface area contributed by atoms with E-state index >= 15 is 19.2 Å². The Bertz CT molecular complexity index is 3990. The van der Waals surface area contributed by atoms with Crippen molar-refractivity contribution in [1.82, 2.24) is 42.5 Å². The van der Waals surface area contributed by atoms with Gasteiger partial charge in [-0.25, -0.2) is 9.59 Å². The number of fused-ring (bicyclic) bond motifs is 3. The van der Waals surface area contributed by atoms with Crippen LogP contribution in [0.4, 0.5) is 9.59 Å². The van der Waals surface area contributed by atoms with Crippen LogP contribution in [0.3, 0.4) is 0 Å². The first kappa shape index (κ1) is 76.9. The number of unbranched alkanes of at least 4 members (excludes halogenated alkanes) is 1. The van der Waals surface area contributed by atoms with E-state index in [-0.39, 0.29) is 37.7 Å². The maximum absolute atomic E-state index is 15.4. The first-order valence-corrected chi connectivity index (χ1v) is 35.2. The average molecular weight is 1410 g/mol. The summed E-state index contributed by atoms with van der Waals surface area (Å²) in [4.78, 5) is 130. The monoisotopic (exact) mass is 1410 g/mol. The second-order valence-corrected chi connectivity index (χ2v) is 27.9. The van der Waals surface area contributed by atoms with Crippen LogP contribution in [0.2, 0.25) is 0 Å². The van der Waals surface area contributed by atoms with E-state index in [1.807, 2.05) is 231 Å². The molecular weight excluding hydrogens is 1310 g/mol. The minimum atomic E-state index is -1.75. The Morgan fingerprint density at radius 2 is 0.798 bits per heavy atom. The molecule has 1 aliphatic carbocycles. The zero-order chi connectivity index (χ0) is 74.4. The molecule has 20 heteroatoms. The summed E-state index contributed by atoms with van der Waals surface area (Å²) in [5.74, 6) is -5.60. The van der Waals surface area contributed by atoms with E-state index in [0.29, 0.717) is 29.5 Å². The Balaban J connectivity index is 1.02. The minimum Gasteiger partial charge on any atom is -0.449 e. The van der Waals surface area contributed by atoms with Gasteiger partial charge >= 0.3 is 12.2 Å².